The minimum absolute atomic E-state index is 0.153. The van der Waals surface area contributed by atoms with Crippen molar-refractivity contribution in [1.82, 2.24) is 5.32 Å². The third kappa shape index (κ3) is 4.66. The number of carbonyl (C=O) groups excluding carboxylic acids is 1. The van der Waals surface area contributed by atoms with Gasteiger partial charge in [-0.3, -0.25) is 4.79 Å². The highest BCUT2D eigenvalue weighted by molar-refractivity contribution is 5.79. The van der Waals surface area contributed by atoms with E-state index in [9.17, 15) is 4.79 Å². The largest absolute Gasteiger partial charge is 0.354 e. The van der Waals surface area contributed by atoms with Crippen LogP contribution in [0.4, 0.5) is 0 Å². The molecule has 0 aliphatic carbocycles. The molecule has 0 aliphatic rings. The predicted molar refractivity (Wildman–Crippen MR) is 42.3 cm³/mol. The van der Waals surface area contributed by atoms with Gasteiger partial charge in [-0.2, -0.15) is 0 Å². The molecule has 12 heavy (non-hydrogen) atoms. The predicted octanol–water partition coefficient (Wildman–Crippen LogP) is -0.359. The van der Waals surface area contributed by atoms with Crippen molar-refractivity contribution >= 4 is 5.91 Å². The van der Waals surface area contributed by atoms with Crippen LogP contribution in [0.15, 0.2) is 0 Å². The summed E-state index contributed by atoms with van der Waals surface area (Å²) in [7, 11) is 2.96. The van der Waals surface area contributed by atoms with Crippen LogP contribution in [0.25, 0.3) is 4.85 Å². The summed E-state index contributed by atoms with van der Waals surface area (Å²) in [6.07, 6.45) is -0.445. The molecule has 0 spiro atoms. The Morgan fingerprint density at radius 2 is 2.17 bits per heavy atom. The average molecular weight is 172 g/mol. The Morgan fingerprint density at radius 3 is 2.58 bits per heavy atom. The SMILES string of the molecule is [C-]#[N+]CC(=O)NCC(OC)OC. The van der Waals surface area contributed by atoms with E-state index in [1.165, 1.54) is 14.2 Å². The fourth-order valence-corrected chi connectivity index (χ4v) is 0.588. The monoisotopic (exact) mass is 172 g/mol. The maximum atomic E-state index is 10.7. The second-order valence-corrected chi connectivity index (χ2v) is 2.02. The van der Waals surface area contributed by atoms with Crippen LogP contribution < -0.4 is 5.32 Å². The van der Waals surface area contributed by atoms with E-state index >= 15 is 0 Å². The van der Waals surface area contributed by atoms with Crippen LogP contribution in [0.2, 0.25) is 0 Å². The van der Waals surface area contributed by atoms with Crippen molar-refractivity contribution in [3.8, 4) is 0 Å². The Balaban J connectivity index is 3.53. The molecule has 0 aromatic rings. The van der Waals surface area contributed by atoms with Crippen LogP contribution in [0.1, 0.15) is 0 Å². The van der Waals surface area contributed by atoms with Gasteiger partial charge in [0.1, 0.15) is 0 Å². The zero-order valence-corrected chi connectivity index (χ0v) is 7.16. The standard InChI is InChI=1S/C7H12N2O3/c1-8-4-6(10)9-5-7(11-2)12-3/h7H,4-5H2,2-3H3,(H,9,10). The van der Waals surface area contributed by atoms with Gasteiger partial charge in [-0.25, -0.2) is 6.57 Å². The van der Waals surface area contributed by atoms with Crippen LogP contribution in [-0.4, -0.2) is 39.5 Å². The van der Waals surface area contributed by atoms with Gasteiger partial charge in [0.25, 0.3) is 12.5 Å². The molecule has 1 N–H and O–H groups in total. The molecule has 68 valence electrons. The van der Waals surface area contributed by atoms with Crippen molar-refractivity contribution < 1.29 is 14.3 Å². The molecule has 0 bridgehead atoms. The summed E-state index contributed by atoms with van der Waals surface area (Å²) in [6.45, 7) is 6.52. The molecule has 0 heterocycles. The lowest BCUT2D eigenvalue weighted by atomic mass is 10.5. The van der Waals surface area contributed by atoms with E-state index in [4.69, 9.17) is 16.0 Å². The molecule has 0 rings (SSSR count). The number of hydrogen-bond acceptors (Lipinski definition) is 3. The molecular weight excluding hydrogens is 160 g/mol. The smallest absolute Gasteiger partial charge is 0.300 e. The molecule has 0 saturated heterocycles. The number of hydrogen-bond donors (Lipinski definition) is 1. The number of carbonyl (C=O) groups is 1. The van der Waals surface area contributed by atoms with Crippen LogP contribution in [0, 0.1) is 6.57 Å². The molecule has 0 aromatic heterocycles. The molecule has 5 heteroatoms. The van der Waals surface area contributed by atoms with Gasteiger partial charge in [-0.1, -0.05) is 0 Å². The summed E-state index contributed by atoms with van der Waals surface area (Å²) in [5, 5.41) is 2.48. The first-order valence-electron chi connectivity index (χ1n) is 3.40. The van der Waals surface area contributed by atoms with Crippen molar-refractivity contribution in [3.63, 3.8) is 0 Å². The zero-order valence-electron chi connectivity index (χ0n) is 7.16. The average Bonchev–Trinajstić information content (AvgIpc) is 2.07. The molecule has 0 aliphatic heterocycles. The Kier molecular flexibility index (Phi) is 5.97. The van der Waals surface area contributed by atoms with Crippen LogP contribution in [-0.2, 0) is 14.3 Å². The van der Waals surface area contributed by atoms with Crippen LogP contribution in [0.3, 0.4) is 0 Å². The number of methoxy groups -OCH3 is 2. The number of ether oxygens (including phenoxy) is 2. The molecule has 0 radical (unpaired) electrons. The van der Waals surface area contributed by atoms with Gasteiger partial charge in [0.15, 0.2) is 6.29 Å². The van der Waals surface area contributed by atoms with Crippen LogP contribution in [0.5, 0.6) is 0 Å². The van der Waals surface area contributed by atoms with Crippen molar-refractivity contribution in [2.24, 2.45) is 0 Å². The Hall–Kier alpha value is -1.12. The molecule has 0 aromatic carbocycles. The number of nitrogens with zero attached hydrogens (tertiary/aromatic N) is 1. The van der Waals surface area contributed by atoms with Gasteiger partial charge >= 0.3 is 0 Å². The second kappa shape index (κ2) is 6.58. The van der Waals surface area contributed by atoms with E-state index in [1.807, 2.05) is 0 Å². The van der Waals surface area contributed by atoms with E-state index in [2.05, 4.69) is 10.2 Å². The second-order valence-electron chi connectivity index (χ2n) is 2.02. The lowest BCUT2D eigenvalue weighted by Crippen LogP contribution is -2.35. The maximum Gasteiger partial charge on any atom is 0.300 e. The molecule has 0 saturated carbocycles. The van der Waals surface area contributed by atoms with Gasteiger partial charge in [-0.05, 0) is 0 Å². The number of amides is 1. The molecular formula is C7H12N2O3. The topological polar surface area (TPSA) is 51.9 Å². The molecule has 1 amide bonds. The molecule has 0 atom stereocenters. The number of nitrogens with one attached hydrogen (secondary N) is 1. The molecule has 0 unspecified atom stereocenters. The summed E-state index contributed by atoms with van der Waals surface area (Å²) in [5.74, 6) is -0.316. The zero-order chi connectivity index (χ0) is 9.40. The van der Waals surface area contributed by atoms with Crippen molar-refractivity contribution in [1.29, 1.82) is 0 Å². The van der Waals surface area contributed by atoms with Gasteiger partial charge in [-0.15, -0.1) is 0 Å². The van der Waals surface area contributed by atoms with E-state index in [0.29, 0.717) is 0 Å². The Morgan fingerprint density at radius 1 is 1.58 bits per heavy atom. The van der Waals surface area contributed by atoms with E-state index < -0.39 is 6.29 Å². The van der Waals surface area contributed by atoms with Gasteiger partial charge in [0.2, 0.25) is 0 Å². The van der Waals surface area contributed by atoms with Crippen molar-refractivity contribution in [3.05, 3.63) is 11.4 Å². The minimum Gasteiger partial charge on any atom is -0.354 e. The highest BCUT2D eigenvalue weighted by Gasteiger charge is 2.08. The van der Waals surface area contributed by atoms with Gasteiger partial charge in [0, 0.05) is 14.2 Å². The Labute approximate surface area is 71.5 Å². The Bertz CT molecular complexity index is 172. The number of rotatable bonds is 5. The maximum absolute atomic E-state index is 10.7. The highest BCUT2D eigenvalue weighted by atomic mass is 16.7. The van der Waals surface area contributed by atoms with Crippen molar-refractivity contribution in [2.75, 3.05) is 27.3 Å². The third-order valence-corrected chi connectivity index (χ3v) is 1.21. The van der Waals surface area contributed by atoms with E-state index in [0.717, 1.165) is 0 Å². The first kappa shape index (κ1) is 10.9. The summed E-state index contributed by atoms with van der Waals surface area (Å²) < 4.78 is 9.63. The minimum atomic E-state index is -0.445. The normalized spacial score (nSPS) is 9.50. The fraction of sp³-hybridized carbons (Fsp3) is 0.714. The summed E-state index contributed by atoms with van der Waals surface area (Å²) in [5.41, 5.74) is 0. The summed E-state index contributed by atoms with van der Waals surface area (Å²) >= 11 is 0. The third-order valence-electron chi connectivity index (χ3n) is 1.21. The van der Waals surface area contributed by atoms with Crippen LogP contribution >= 0.6 is 0 Å². The summed E-state index contributed by atoms with van der Waals surface area (Å²) in [4.78, 5) is 13.7. The fourth-order valence-electron chi connectivity index (χ4n) is 0.588. The summed E-state index contributed by atoms with van der Waals surface area (Å²) in [6, 6.07) is 0. The van der Waals surface area contributed by atoms with Gasteiger partial charge in [0.05, 0.1) is 6.54 Å². The lowest BCUT2D eigenvalue weighted by Gasteiger charge is -2.12. The first-order valence-corrected chi connectivity index (χ1v) is 3.40. The first-order chi connectivity index (χ1) is 5.74. The van der Waals surface area contributed by atoms with Crippen molar-refractivity contribution in [2.45, 2.75) is 6.29 Å². The van der Waals surface area contributed by atoms with E-state index in [-0.39, 0.29) is 19.0 Å². The highest BCUT2D eigenvalue weighted by Crippen LogP contribution is 1.87. The molecule has 5 nitrogen and oxygen atoms in total. The molecule has 0 fully saturated rings. The quantitative estimate of drug-likeness (QED) is 0.455. The van der Waals surface area contributed by atoms with Gasteiger partial charge < -0.3 is 19.6 Å². The van der Waals surface area contributed by atoms with E-state index in [1.54, 1.807) is 0 Å². The lowest BCUT2D eigenvalue weighted by molar-refractivity contribution is -0.125.